The van der Waals surface area contributed by atoms with Crippen molar-refractivity contribution in [2.24, 2.45) is 0 Å². The summed E-state index contributed by atoms with van der Waals surface area (Å²) in [4.78, 5) is 0. The van der Waals surface area contributed by atoms with E-state index in [2.05, 4.69) is 0 Å². The Balaban J connectivity index is 2.53. The number of hydrogen-bond donors (Lipinski definition) is 0. The first-order chi connectivity index (χ1) is 6.56. The molecule has 0 spiro atoms. The van der Waals surface area contributed by atoms with Crippen LogP contribution in [0.25, 0.3) is 0 Å². The van der Waals surface area contributed by atoms with Gasteiger partial charge in [0.2, 0.25) is 0 Å². The molecule has 1 atom stereocenters. The zero-order valence-electron chi connectivity index (χ0n) is 7.93. The van der Waals surface area contributed by atoms with Gasteiger partial charge in [-0.15, -0.1) is 11.8 Å². The molecule has 2 nitrogen and oxygen atoms in total. The lowest BCUT2D eigenvalue weighted by Gasteiger charge is -2.22. The quantitative estimate of drug-likeness (QED) is 0.737. The molecule has 0 amide bonds. The fraction of sp³-hybridized carbons (Fsp3) is 0.400. The van der Waals surface area contributed by atoms with E-state index >= 15 is 0 Å². The van der Waals surface area contributed by atoms with Gasteiger partial charge in [-0.05, 0) is 12.5 Å². The SMILES string of the molecule is CC1(c2ccccc2)SCCS1(=O)=O. The number of rotatable bonds is 1. The van der Waals surface area contributed by atoms with E-state index < -0.39 is 13.9 Å². The molecule has 0 aliphatic carbocycles. The van der Waals surface area contributed by atoms with Gasteiger partial charge in [0, 0.05) is 5.75 Å². The summed E-state index contributed by atoms with van der Waals surface area (Å²) in [7, 11) is -2.98. The molecule has 1 aromatic carbocycles. The van der Waals surface area contributed by atoms with Gasteiger partial charge < -0.3 is 0 Å². The van der Waals surface area contributed by atoms with E-state index in [1.54, 1.807) is 6.92 Å². The van der Waals surface area contributed by atoms with E-state index in [4.69, 9.17) is 0 Å². The lowest BCUT2D eigenvalue weighted by atomic mass is 10.2. The molecule has 4 heteroatoms. The first-order valence-corrected chi connectivity index (χ1v) is 7.12. The van der Waals surface area contributed by atoms with Crippen molar-refractivity contribution < 1.29 is 8.42 Å². The van der Waals surface area contributed by atoms with Gasteiger partial charge in [0.05, 0.1) is 5.75 Å². The Labute approximate surface area is 88.6 Å². The molecule has 0 N–H and O–H groups in total. The Morgan fingerprint density at radius 1 is 1.29 bits per heavy atom. The van der Waals surface area contributed by atoms with E-state index in [9.17, 15) is 8.42 Å². The maximum atomic E-state index is 11.9. The first-order valence-electron chi connectivity index (χ1n) is 4.48. The smallest absolute Gasteiger partial charge is 0.170 e. The van der Waals surface area contributed by atoms with Crippen LogP contribution in [-0.2, 0) is 13.9 Å². The monoisotopic (exact) mass is 228 g/mol. The topological polar surface area (TPSA) is 34.1 Å². The number of hydrogen-bond acceptors (Lipinski definition) is 3. The lowest BCUT2D eigenvalue weighted by molar-refractivity contribution is 0.585. The average Bonchev–Trinajstić information content (AvgIpc) is 2.44. The van der Waals surface area contributed by atoms with E-state index in [1.807, 2.05) is 30.3 Å². The van der Waals surface area contributed by atoms with Crippen molar-refractivity contribution in [1.29, 1.82) is 0 Å². The highest BCUT2D eigenvalue weighted by molar-refractivity contribution is 8.17. The van der Waals surface area contributed by atoms with E-state index in [-0.39, 0.29) is 0 Å². The van der Waals surface area contributed by atoms with Gasteiger partial charge in [-0.3, -0.25) is 0 Å². The third-order valence-electron chi connectivity index (χ3n) is 2.62. The fourth-order valence-electron chi connectivity index (χ4n) is 1.63. The van der Waals surface area contributed by atoms with Crippen LogP contribution in [0.15, 0.2) is 30.3 Å². The van der Waals surface area contributed by atoms with E-state index in [1.165, 1.54) is 11.8 Å². The summed E-state index contributed by atoms with van der Waals surface area (Å²) >= 11 is 1.52. The molecule has 0 aromatic heterocycles. The summed E-state index contributed by atoms with van der Waals surface area (Å²) in [6, 6.07) is 9.44. The average molecular weight is 228 g/mol. The number of benzene rings is 1. The molecule has 1 saturated heterocycles. The maximum Gasteiger partial charge on any atom is 0.170 e. The number of thioether (sulfide) groups is 1. The molecular formula is C10H12O2S2. The molecule has 1 aliphatic rings. The fourth-order valence-corrected chi connectivity index (χ4v) is 5.64. The maximum absolute atomic E-state index is 11.9. The summed E-state index contributed by atoms with van der Waals surface area (Å²) < 4.78 is 23.0. The summed E-state index contributed by atoms with van der Waals surface area (Å²) in [5.41, 5.74) is 0.891. The molecule has 76 valence electrons. The zero-order chi connectivity index (χ0) is 10.2. The number of sulfone groups is 1. The van der Waals surface area contributed by atoms with Crippen LogP contribution in [-0.4, -0.2) is 19.9 Å². The second-order valence-corrected chi connectivity index (χ2v) is 7.71. The van der Waals surface area contributed by atoms with Crippen molar-refractivity contribution in [3.8, 4) is 0 Å². The molecule has 1 fully saturated rings. The Bertz CT molecular complexity index is 425. The van der Waals surface area contributed by atoms with Crippen molar-refractivity contribution in [3.63, 3.8) is 0 Å². The first kappa shape index (κ1) is 10.1. The Hall–Kier alpha value is -0.480. The van der Waals surface area contributed by atoms with E-state index in [0.717, 1.165) is 5.56 Å². The highest BCUT2D eigenvalue weighted by atomic mass is 32.3. The van der Waals surface area contributed by atoms with Crippen molar-refractivity contribution in [2.45, 2.75) is 11.0 Å². The van der Waals surface area contributed by atoms with Crippen molar-refractivity contribution in [3.05, 3.63) is 35.9 Å². The van der Waals surface area contributed by atoms with Gasteiger partial charge >= 0.3 is 0 Å². The van der Waals surface area contributed by atoms with Gasteiger partial charge in [-0.2, -0.15) is 0 Å². The summed E-state index contributed by atoms with van der Waals surface area (Å²) in [5.74, 6) is 0.997. The van der Waals surface area contributed by atoms with Gasteiger partial charge in [0.25, 0.3) is 0 Å². The van der Waals surface area contributed by atoms with Crippen LogP contribution in [0, 0.1) is 0 Å². The zero-order valence-corrected chi connectivity index (χ0v) is 9.57. The van der Waals surface area contributed by atoms with Crippen LogP contribution in [0.3, 0.4) is 0 Å². The van der Waals surface area contributed by atoms with Gasteiger partial charge in [-0.25, -0.2) is 8.42 Å². The third-order valence-corrected chi connectivity index (χ3v) is 7.35. The Kier molecular flexibility index (Phi) is 2.35. The van der Waals surface area contributed by atoms with Crippen LogP contribution in [0.1, 0.15) is 12.5 Å². The molecule has 1 aliphatic heterocycles. The molecule has 1 unspecified atom stereocenters. The second-order valence-electron chi connectivity index (χ2n) is 3.48. The van der Waals surface area contributed by atoms with Crippen LogP contribution < -0.4 is 0 Å². The predicted octanol–water partition coefficient (Wildman–Crippen LogP) is 2.02. The normalized spacial score (nSPS) is 30.4. The van der Waals surface area contributed by atoms with Crippen LogP contribution in [0.5, 0.6) is 0 Å². The van der Waals surface area contributed by atoms with Gasteiger partial charge in [-0.1, -0.05) is 30.3 Å². The van der Waals surface area contributed by atoms with Gasteiger partial charge in [0.15, 0.2) is 9.84 Å². The Morgan fingerprint density at radius 2 is 1.93 bits per heavy atom. The van der Waals surface area contributed by atoms with Crippen molar-refractivity contribution >= 4 is 21.6 Å². The lowest BCUT2D eigenvalue weighted by Crippen LogP contribution is -2.25. The summed E-state index contributed by atoms with van der Waals surface area (Å²) in [6.45, 7) is 1.80. The second kappa shape index (κ2) is 3.28. The molecule has 0 saturated carbocycles. The highest BCUT2D eigenvalue weighted by Gasteiger charge is 2.45. The van der Waals surface area contributed by atoms with Crippen molar-refractivity contribution in [1.82, 2.24) is 0 Å². The minimum atomic E-state index is -2.98. The minimum absolute atomic E-state index is 0.295. The summed E-state index contributed by atoms with van der Waals surface area (Å²) in [6.07, 6.45) is 0. The van der Waals surface area contributed by atoms with Crippen LogP contribution >= 0.6 is 11.8 Å². The molecule has 0 bridgehead atoms. The van der Waals surface area contributed by atoms with Crippen molar-refractivity contribution in [2.75, 3.05) is 11.5 Å². The van der Waals surface area contributed by atoms with Crippen LogP contribution in [0.4, 0.5) is 0 Å². The minimum Gasteiger partial charge on any atom is -0.227 e. The Morgan fingerprint density at radius 3 is 2.43 bits per heavy atom. The molecule has 1 aromatic rings. The third kappa shape index (κ3) is 1.37. The molecule has 0 radical (unpaired) electrons. The van der Waals surface area contributed by atoms with Gasteiger partial charge in [0.1, 0.15) is 4.08 Å². The highest BCUT2D eigenvalue weighted by Crippen LogP contribution is 2.46. The molecule has 1 heterocycles. The molecule has 14 heavy (non-hydrogen) atoms. The van der Waals surface area contributed by atoms with Crippen LogP contribution in [0.2, 0.25) is 0 Å². The molecule has 2 rings (SSSR count). The standard InChI is InChI=1S/C10H12O2S2/c1-10(9-5-3-2-4-6-9)13-7-8-14(10,11)12/h2-6H,7-8H2,1H3. The summed E-state index contributed by atoms with van der Waals surface area (Å²) in [5, 5.41) is 0. The van der Waals surface area contributed by atoms with E-state index in [0.29, 0.717) is 11.5 Å². The molecular weight excluding hydrogens is 216 g/mol. The largest absolute Gasteiger partial charge is 0.227 e. The predicted molar refractivity (Wildman–Crippen MR) is 60.0 cm³/mol.